The van der Waals surface area contributed by atoms with Crippen molar-refractivity contribution < 1.29 is 19.4 Å². The average molecular weight is 461 g/mol. The number of rotatable bonds is 7. The minimum absolute atomic E-state index is 0.117. The summed E-state index contributed by atoms with van der Waals surface area (Å²) in [5, 5.41) is 9.06. The number of aromatic nitrogens is 1. The highest BCUT2D eigenvalue weighted by Gasteiger charge is 2.28. The van der Waals surface area contributed by atoms with Gasteiger partial charge in [-0.15, -0.1) is 0 Å². The number of methoxy groups -OCH3 is 1. The van der Waals surface area contributed by atoms with Crippen molar-refractivity contribution in [1.29, 1.82) is 0 Å². The molecule has 0 atom stereocenters. The number of anilines is 2. The fourth-order valence-corrected chi connectivity index (χ4v) is 4.03. The first-order valence-corrected chi connectivity index (χ1v) is 11.2. The van der Waals surface area contributed by atoms with E-state index in [1.807, 2.05) is 47.4 Å². The molecule has 2 heterocycles. The summed E-state index contributed by atoms with van der Waals surface area (Å²) in [5.74, 6) is 1.05. The summed E-state index contributed by atoms with van der Waals surface area (Å²) in [6.07, 6.45) is 1.66. The molecule has 176 valence electrons. The van der Waals surface area contributed by atoms with Gasteiger partial charge in [-0.1, -0.05) is 42.5 Å². The molecule has 3 aromatic rings. The summed E-state index contributed by atoms with van der Waals surface area (Å²) in [6.45, 7) is 2.32. The maximum atomic E-state index is 13.6. The molecule has 1 saturated heterocycles. The van der Waals surface area contributed by atoms with Gasteiger partial charge in [0.25, 0.3) is 0 Å². The van der Waals surface area contributed by atoms with Crippen LogP contribution in [0.3, 0.4) is 0 Å². The number of aliphatic hydroxyl groups excluding tert-OH is 1. The molecule has 1 aliphatic heterocycles. The quantitative estimate of drug-likeness (QED) is 0.545. The van der Waals surface area contributed by atoms with Gasteiger partial charge in [-0.2, -0.15) is 0 Å². The number of ether oxygens (including phenoxy) is 1. The normalized spacial score (nSPS) is 13.5. The number of nitrogens with zero attached hydrogens (tertiary/aromatic N) is 4. The second-order valence-corrected chi connectivity index (χ2v) is 7.98. The Bertz CT molecular complexity index is 1110. The van der Waals surface area contributed by atoms with Gasteiger partial charge in [-0.25, -0.2) is 9.78 Å². The SMILES string of the molecule is COc1ccccc1N1CCN(C(=O)N(Cc2ccc(C(=O)CO)cc2)c2ccccn2)CC1. The van der Waals surface area contributed by atoms with Crippen molar-refractivity contribution in [2.24, 2.45) is 0 Å². The number of hydrogen-bond acceptors (Lipinski definition) is 6. The Morgan fingerprint density at radius 1 is 0.971 bits per heavy atom. The number of pyridine rings is 1. The molecule has 1 N–H and O–H groups in total. The first-order chi connectivity index (χ1) is 16.6. The summed E-state index contributed by atoms with van der Waals surface area (Å²) in [7, 11) is 1.66. The van der Waals surface area contributed by atoms with Crippen molar-refractivity contribution in [2.45, 2.75) is 6.54 Å². The molecule has 2 amide bonds. The Labute approximate surface area is 199 Å². The van der Waals surface area contributed by atoms with E-state index in [1.54, 1.807) is 42.5 Å². The monoisotopic (exact) mass is 460 g/mol. The van der Waals surface area contributed by atoms with Crippen molar-refractivity contribution in [3.8, 4) is 5.75 Å². The van der Waals surface area contributed by atoms with E-state index in [-0.39, 0.29) is 11.8 Å². The minimum Gasteiger partial charge on any atom is -0.495 e. The summed E-state index contributed by atoms with van der Waals surface area (Å²) in [6, 6.07) is 20.2. The van der Waals surface area contributed by atoms with Crippen LogP contribution in [0.5, 0.6) is 5.75 Å². The Balaban J connectivity index is 1.49. The molecule has 0 aliphatic carbocycles. The van der Waals surface area contributed by atoms with Gasteiger partial charge < -0.3 is 19.6 Å². The summed E-state index contributed by atoms with van der Waals surface area (Å²) in [5.41, 5.74) is 2.33. The van der Waals surface area contributed by atoms with Crippen LogP contribution in [0.15, 0.2) is 72.9 Å². The van der Waals surface area contributed by atoms with E-state index in [4.69, 9.17) is 9.84 Å². The minimum atomic E-state index is -0.529. The first kappa shape index (κ1) is 23.3. The summed E-state index contributed by atoms with van der Waals surface area (Å²) in [4.78, 5) is 35.4. The molecule has 0 spiro atoms. The Hall–Kier alpha value is -3.91. The zero-order valence-corrected chi connectivity index (χ0v) is 19.1. The molecule has 1 fully saturated rings. The number of urea groups is 1. The topological polar surface area (TPSA) is 86.2 Å². The van der Waals surface area contributed by atoms with Crippen LogP contribution in [0.1, 0.15) is 15.9 Å². The van der Waals surface area contributed by atoms with Crippen molar-refractivity contribution in [3.63, 3.8) is 0 Å². The summed E-state index contributed by atoms with van der Waals surface area (Å²) >= 11 is 0. The van der Waals surface area contributed by atoms with Gasteiger partial charge in [0.1, 0.15) is 18.2 Å². The molecular formula is C26H28N4O4. The molecule has 0 radical (unpaired) electrons. The second-order valence-electron chi connectivity index (χ2n) is 7.98. The molecule has 34 heavy (non-hydrogen) atoms. The van der Waals surface area contributed by atoms with Crippen LogP contribution in [-0.2, 0) is 6.54 Å². The van der Waals surface area contributed by atoms with Gasteiger partial charge in [0, 0.05) is 37.9 Å². The highest BCUT2D eigenvalue weighted by atomic mass is 16.5. The van der Waals surface area contributed by atoms with Gasteiger partial charge in [0.05, 0.1) is 19.3 Å². The zero-order valence-electron chi connectivity index (χ0n) is 19.1. The van der Waals surface area contributed by atoms with Gasteiger partial charge in [0.15, 0.2) is 5.78 Å². The molecule has 8 nitrogen and oxygen atoms in total. The maximum Gasteiger partial charge on any atom is 0.326 e. The molecule has 8 heteroatoms. The Morgan fingerprint density at radius 3 is 2.32 bits per heavy atom. The van der Waals surface area contributed by atoms with Gasteiger partial charge in [-0.3, -0.25) is 9.69 Å². The van der Waals surface area contributed by atoms with Crippen molar-refractivity contribution in [2.75, 3.05) is 49.7 Å². The fraction of sp³-hybridized carbons (Fsp3) is 0.269. The molecule has 1 aliphatic rings. The molecule has 2 aromatic carbocycles. The van der Waals surface area contributed by atoms with E-state index in [0.29, 0.717) is 44.1 Å². The third kappa shape index (κ3) is 5.18. The van der Waals surface area contributed by atoms with E-state index in [9.17, 15) is 9.59 Å². The van der Waals surface area contributed by atoms with Crippen molar-refractivity contribution >= 4 is 23.3 Å². The second kappa shape index (κ2) is 10.8. The van der Waals surface area contributed by atoms with Gasteiger partial charge in [-0.05, 0) is 29.8 Å². The molecule has 0 unspecified atom stereocenters. The van der Waals surface area contributed by atoms with E-state index in [1.165, 1.54) is 0 Å². The molecule has 4 rings (SSSR count). The molecule has 0 bridgehead atoms. The van der Waals surface area contributed by atoms with Crippen LogP contribution >= 0.6 is 0 Å². The lowest BCUT2D eigenvalue weighted by Crippen LogP contribution is -2.53. The van der Waals surface area contributed by atoms with Crippen LogP contribution in [0.25, 0.3) is 0 Å². The first-order valence-electron chi connectivity index (χ1n) is 11.2. The number of para-hydroxylation sites is 2. The highest BCUT2D eigenvalue weighted by molar-refractivity contribution is 5.97. The molecular weight excluding hydrogens is 432 g/mol. The van der Waals surface area contributed by atoms with Crippen LogP contribution in [0.4, 0.5) is 16.3 Å². The number of ketones is 1. The van der Waals surface area contributed by atoms with Crippen molar-refractivity contribution in [3.05, 3.63) is 84.1 Å². The number of piperazine rings is 1. The lowest BCUT2D eigenvalue weighted by Gasteiger charge is -2.38. The average Bonchev–Trinajstić information content (AvgIpc) is 2.91. The van der Waals surface area contributed by atoms with Crippen LogP contribution in [-0.4, -0.2) is 66.7 Å². The summed E-state index contributed by atoms with van der Waals surface area (Å²) < 4.78 is 5.49. The van der Waals surface area contributed by atoms with Crippen LogP contribution in [0, 0.1) is 0 Å². The van der Waals surface area contributed by atoms with E-state index in [2.05, 4.69) is 9.88 Å². The fourth-order valence-electron chi connectivity index (χ4n) is 4.03. The van der Waals surface area contributed by atoms with E-state index in [0.717, 1.165) is 17.0 Å². The number of carbonyl (C=O) groups excluding carboxylic acids is 2. The largest absolute Gasteiger partial charge is 0.495 e. The standard InChI is InChI=1S/C26H28N4O4/c1-34-24-7-3-2-6-22(24)28-14-16-29(17-15-28)26(33)30(25-8-4-5-13-27-25)18-20-9-11-21(12-10-20)23(32)19-31/h2-13,31H,14-19H2,1H3. The Morgan fingerprint density at radius 2 is 1.68 bits per heavy atom. The number of aliphatic hydroxyl groups is 1. The predicted molar refractivity (Wildman–Crippen MR) is 130 cm³/mol. The number of hydrogen-bond donors (Lipinski definition) is 1. The van der Waals surface area contributed by atoms with Gasteiger partial charge in [0.2, 0.25) is 0 Å². The lowest BCUT2D eigenvalue weighted by atomic mass is 10.1. The third-order valence-corrected chi connectivity index (χ3v) is 5.89. The highest BCUT2D eigenvalue weighted by Crippen LogP contribution is 2.28. The van der Waals surface area contributed by atoms with Crippen molar-refractivity contribution in [1.82, 2.24) is 9.88 Å². The maximum absolute atomic E-state index is 13.6. The van der Waals surface area contributed by atoms with E-state index >= 15 is 0 Å². The van der Waals surface area contributed by atoms with E-state index < -0.39 is 6.61 Å². The molecule has 0 saturated carbocycles. The lowest BCUT2D eigenvalue weighted by molar-refractivity contribution is 0.0903. The zero-order chi connectivity index (χ0) is 23.9. The number of Topliss-reactive ketones (excluding diaryl/α,β-unsaturated/α-hetero) is 1. The number of amides is 2. The third-order valence-electron chi connectivity index (χ3n) is 5.89. The van der Waals surface area contributed by atoms with Crippen LogP contribution in [0.2, 0.25) is 0 Å². The Kier molecular flexibility index (Phi) is 7.39. The van der Waals surface area contributed by atoms with Crippen LogP contribution < -0.4 is 14.5 Å². The smallest absolute Gasteiger partial charge is 0.326 e. The molecule has 1 aromatic heterocycles. The van der Waals surface area contributed by atoms with Gasteiger partial charge >= 0.3 is 6.03 Å². The number of benzene rings is 2. The number of carbonyl (C=O) groups is 2. The predicted octanol–water partition coefficient (Wildman–Crippen LogP) is 3.21.